The van der Waals surface area contributed by atoms with Gasteiger partial charge in [-0.25, -0.2) is 0 Å². The molecule has 0 radical (unpaired) electrons. The van der Waals surface area contributed by atoms with E-state index in [0.29, 0.717) is 48.7 Å². The summed E-state index contributed by atoms with van der Waals surface area (Å²) in [5.74, 6) is 2.92. The molecule has 2 aliphatic heterocycles. The number of allylic oxidation sites excluding steroid dienone is 5. The summed E-state index contributed by atoms with van der Waals surface area (Å²) in [6.45, 7) is 2.29. The number of hydrogen-bond acceptors (Lipinski definition) is 5. The smallest absolute Gasteiger partial charge is 0.261 e. The number of halogens is 1. The van der Waals surface area contributed by atoms with E-state index in [2.05, 4.69) is 29.0 Å². The number of imide groups is 1. The second kappa shape index (κ2) is 11.7. The molecule has 38 heavy (non-hydrogen) atoms. The molecule has 194 valence electrons. The molecule has 0 bridgehead atoms. The Bertz CT molecular complexity index is 1350. The zero-order chi connectivity index (χ0) is 26.5. The lowest BCUT2D eigenvalue weighted by atomic mass is 10.0. The predicted octanol–water partition coefficient (Wildman–Crippen LogP) is 5.54. The molecular formula is C31H29ClN2O4. The first-order valence-electron chi connectivity index (χ1n) is 12.8. The van der Waals surface area contributed by atoms with Gasteiger partial charge in [-0.2, -0.15) is 0 Å². The highest BCUT2D eigenvalue weighted by Gasteiger charge is 2.34. The SMILES string of the molecule is C#CCOCCOC1=CC=C2C(=CCc3ccc(Cl)cc3N2CCCCN2C(=O)c3ccccc3C2=O)C1. The van der Waals surface area contributed by atoms with Crippen molar-refractivity contribution >= 4 is 29.1 Å². The summed E-state index contributed by atoms with van der Waals surface area (Å²) in [4.78, 5) is 29.1. The quantitative estimate of drug-likeness (QED) is 0.230. The zero-order valence-corrected chi connectivity index (χ0v) is 21.9. The van der Waals surface area contributed by atoms with Gasteiger partial charge in [-0.15, -0.1) is 6.42 Å². The van der Waals surface area contributed by atoms with Crippen molar-refractivity contribution in [3.05, 3.63) is 99.4 Å². The van der Waals surface area contributed by atoms with Gasteiger partial charge in [0.1, 0.15) is 19.0 Å². The fraction of sp³-hybridized carbons (Fsp3) is 0.290. The molecule has 0 unspecified atom stereocenters. The molecular weight excluding hydrogens is 500 g/mol. The van der Waals surface area contributed by atoms with E-state index in [-0.39, 0.29) is 18.4 Å². The van der Waals surface area contributed by atoms with Crippen molar-refractivity contribution in [1.29, 1.82) is 0 Å². The van der Waals surface area contributed by atoms with Crippen molar-refractivity contribution < 1.29 is 19.1 Å². The Morgan fingerprint density at radius 2 is 1.68 bits per heavy atom. The Morgan fingerprint density at radius 3 is 2.42 bits per heavy atom. The molecule has 2 aromatic carbocycles. The molecule has 1 aliphatic carbocycles. The van der Waals surface area contributed by atoms with Crippen LogP contribution < -0.4 is 4.90 Å². The highest BCUT2D eigenvalue weighted by atomic mass is 35.5. The minimum Gasteiger partial charge on any atom is -0.495 e. The number of unbranched alkanes of at least 4 members (excludes halogenated alkanes) is 1. The molecule has 0 fully saturated rings. The van der Waals surface area contributed by atoms with Gasteiger partial charge in [0.15, 0.2) is 0 Å². The number of hydrogen-bond donors (Lipinski definition) is 0. The summed E-state index contributed by atoms with van der Waals surface area (Å²) in [6, 6.07) is 13.0. The summed E-state index contributed by atoms with van der Waals surface area (Å²) in [5.41, 5.74) is 5.56. The van der Waals surface area contributed by atoms with E-state index in [4.69, 9.17) is 27.5 Å². The third kappa shape index (κ3) is 5.40. The van der Waals surface area contributed by atoms with Crippen LogP contribution in [0.2, 0.25) is 5.02 Å². The van der Waals surface area contributed by atoms with Crippen molar-refractivity contribution in [3.8, 4) is 12.3 Å². The first-order valence-corrected chi connectivity index (χ1v) is 13.2. The van der Waals surface area contributed by atoms with E-state index < -0.39 is 0 Å². The number of anilines is 1. The number of rotatable bonds is 10. The number of amides is 2. The summed E-state index contributed by atoms with van der Waals surface area (Å²) < 4.78 is 11.2. The number of fused-ring (bicyclic) bond motifs is 3. The molecule has 0 spiro atoms. The minimum atomic E-state index is -0.208. The van der Waals surface area contributed by atoms with Gasteiger partial charge < -0.3 is 14.4 Å². The van der Waals surface area contributed by atoms with Crippen LogP contribution in [0.1, 0.15) is 45.5 Å². The standard InChI is InChI=1S/C31H29ClN2O4/c1-2-17-37-18-19-38-25-13-14-28-23(20-25)10-9-22-11-12-24(32)21-29(22)33(28)15-5-6-16-34-30(35)26-7-3-4-8-27(26)31(34)36/h1,3-4,7-8,10-14,21H,5-6,9,15-20H2. The second-order valence-electron chi connectivity index (χ2n) is 9.34. The van der Waals surface area contributed by atoms with Gasteiger partial charge >= 0.3 is 0 Å². The van der Waals surface area contributed by atoms with E-state index >= 15 is 0 Å². The van der Waals surface area contributed by atoms with Crippen LogP contribution in [-0.2, 0) is 15.9 Å². The zero-order valence-electron chi connectivity index (χ0n) is 21.1. The van der Waals surface area contributed by atoms with E-state index in [0.717, 1.165) is 36.5 Å². The Balaban J connectivity index is 1.27. The lowest BCUT2D eigenvalue weighted by Crippen LogP contribution is -2.32. The molecule has 0 saturated heterocycles. The summed E-state index contributed by atoms with van der Waals surface area (Å²) in [7, 11) is 0. The van der Waals surface area contributed by atoms with Crippen LogP contribution in [0.4, 0.5) is 5.69 Å². The highest BCUT2D eigenvalue weighted by molar-refractivity contribution is 6.30. The molecule has 2 amide bonds. The molecule has 0 atom stereocenters. The average Bonchev–Trinajstić information content (AvgIpc) is 3.07. The van der Waals surface area contributed by atoms with Gasteiger partial charge in [-0.1, -0.05) is 41.8 Å². The van der Waals surface area contributed by atoms with Crippen molar-refractivity contribution in [1.82, 2.24) is 4.90 Å². The second-order valence-corrected chi connectivity index (χ2v) is 9.78. The van der Waals surface area contributed by atoms with Gasteiger partial charge in [0.05, 0.1) is 17.7 Å². The molecule has 6 nitrogen and oxygen atoms in total. The normalized spacial score (nSPS) is 16.1. The van der Waals surface area contributed by atoms with Crippen molar-refractivity contribution in [3.63, 3.8) is 0 Å². The highest BCUT2D eigenvalue weighted by Crippen LogP contribution is 2.38. The molecule has 0 aromatic heterocycles. The van der Waals surface area contributed by atoms with E-state index in [1.165, 1.54) is 16.0 Å². The Hall–Kier alpha value is -3.79. The van der Waals surface area contributed by atoms with Crippen LogP contribution in [0.5, 0.6) is 0 Å². The van der Waals surface area contributed by atoms with Crippen molar-refractivity contribution in [2.45, 2.75) is 25.7 Å². The maximum absolute atomic E-state index is 12.7. The monoisotopic (exact) mass is 528 g/mol. The fourth-order valence-electron chi connectivity index (χ4n) is 5.06. The topological polar surface area (TPSA) is 59.1 Å². The summed E-state index contributed by atoms with van der Waals surface area (Å²) in [6.07, 6.45) is 14.5. The van der Waals surface area contributed by atoms with Crippen LogP contribution in [0.15, 0.2) is 77.7 Å². The number of benzene rings is 2. The van der Waals surface area contributed by atoms with E-state index in [9.17, 15) is 9.59 Å². The lowest BCUT2D eigenvalue weighted by Gasteiger charge is -2.31. The lowest BCUT2D eigenvalue weighted by molar-refractivity contribution is 0.0652. The molecule has 5 rings (SSSR count). The van der Waals surface area contributed by atoms with Gasteiger partial charge in [0, 0.05) is 35.9 Å². The molecule has 3 aliphatic rings. The van der Waals surface area contributed by atoms with Crippen LogP contribution in [0, 0.1) is 12.3 Å². The molecule has 0 N–H and O–H groups in total. The summed E-state index contributed by atoms with van der Waals surface area (Å²) in [5, 5.41) is 0.686. The number of ether oxygens (including phenoxy) is 2. The number of nitrogens with zero attached hydrogens (tertiary/aromatic N) is 2. The maximum atomic E-state index is 12.7. The van der Waals surface area contributed by atoms with Crippen LogP contribution in [-0.4, -0.2) is 49.6 Å². The largest absolute Gasteiger partial charge is 0.495 e. The van der Waals surface area contributed by atoms with Gasteiger partial charge in [-0.3, -0.25) is 14.5 Å². The first-order chi connectivity index (χ1) is 18.6. The van der Waals surface area contributed by atoms with Crippen LogP contribution in [0.3, 0.4) is 0 Å². The van der Waals surface area contributed by atoms with Crippen molar-refractivity contribution in [2.24, 2.45) is 0 Å². The number of terminal acetylenes is 1. The third-order valence-electron chi connectivity index (χ3n) is 6.91. The number of carbonyl (C=O) groups is 2. The predicted molar refractivity (Wildman–Crippen MR) is 148 cm³/mol. The Labute approximate surface area is 228 Å². The minimum absolute atomic E-state index is 0.208. The van der Waals surface area contributed by atoms with E-state index in [1.807, 2.05) is 18.2 Å². The van der Waals surface area contributed by atoms with Gasteiger partial charge in [0.25, 0.3) is 11.8 Å². The number of carbonyl (C=O) groups excluding carboxylic acids is 2. The Morgan fingerprint density at radius 1 is 0.947 bits per heavy atom. The molecule has 7 heteroatoms. The molecule has 0 saturated carbocycles. The Kier molecular flexibility index (Phi) is 7.97. The first kappa shape index (κ1) is 25.8. The van der Waals surface area contributed by atoms with Gasteiger partial charge in [-0.05, 0) is 66.8 Å². The van der Waals surface area contributed by atoms with Gasteiger partial charge in [0.2, 0.25) is 0 Å². The third-order valence-corrected chi connectivity index (χ3v) is 7.15. The van der Waals surface area contributed by atoms with Crippen LogP contribution >= 0.6 is 11.6 Å². The maximum Gasteiger partial charge on any atom is 0.261 e. The van der Waals surface area contributed by atoms with Crippen molar-refractivity contribution in [2.75, 3.05) is 37.8 Å². The van der Waals surface area contributed by atoms with Crippen LogP contribution in [0.25, 0.3) is 0 Å². The average molecular weight is 529 g/mol. The fourth-order valence-corrected chi connectivity index (χ4v) is 5.23. The summed E-state index contributed by atoms with van der Waals surface area (Å²) >= 11 is 6.41. The van der Waals surface area contributed by atoms with E-state index in [1.54, 1.807) is 24.3 Å². The molecule has 2 aromatic rings. The molecule has 2 heterocycles.